The van der Waals surface area contributed by atoms with Gasteiger partial charge in [0.2, 0.25) is 0 Å². The quantitative estimate of drug-likeness (QED) is 0.611. The Balaban J connectivity index is 2.17. The van der Waals surface area contributed by atoms with Crippen molar-refractivity contribution in [2.45, 2.75) is 32.8 Å². The second kappa shape index (κ2) is 7.38. The molecule has 0 aliphatic rings. The van der Waals surface area contributed by atoms with Crippen molar-refractivity contribution in [2.75, 3.05) is 0 Å². The van der Waals surface area contributed by atoms with Gasteiger partial charge in [-0.3, -0.25) is 10.1 Å². The first-order chi connectivity index (χ1) is 12.1. The molecule has 0 atom stereocenters. The van der Waals surface area contributed by atoms with Gasteiger partial charge in [-0.2, -0.15) is 0 Å². The van der Waals surface area contributed by atoms with Crippen LogP contribution in [-0.2, 0) is 11.2 Å². The number of nitrogens with two attached hydrogens (primary N) is 1. The topological polar surface area (TPSA) is 105 Å². The van der Waals surface area contributed by atoms with Crippen molar-refractivity contribution >= 4 is 11.8 Å². The molecule has 1 amide bonds. The van der Waals surface area contributed by atoms with Crippen LogP contribution in [0.3, 0.4) is 0 Å². The Bertz CT molecular complexity index is 851. The summed E-state index contributed by atoms with van der Waals surface area (Å²) in [5, 5.41) is 10.8. The molecule has 0 bridgehead atoms. The summed E-state index contributed by atoms with van der Waals surface area (Å²) in [6.45, 7) is 4.92. The van der Waals surface area contributed by atoms with Crippen LogP contribution in [0.2, 0.25) is 0 Å². The highest BCUT2D eigenvalue weighted by Gasteiger charge is 2.24. The highest BCUT2D eigenvalue weighted by molar-refractivity contribution is 5.65. The molecule has 2 aromatic carbocycles. The molecule has 2 rings (SSSR count). The molecule has 26 heavy (non-hydrogen) atoms. The lowest BCUT2D eigenvalue weighted by atomic mass is 9.98. The van der Waals surface area contributed by atoms with Crippen molar-refractivity contribution in [3.8, 4) is 11.5 Å². The molecule has 0 saturated heterocycles. The standard InChI is InChI=1S/C18H19FN2O5/c1-11-8-13(21(23)24)5-7-16(11)25-14-6-4-12(15(19)9-14)10-18(2,3)26-17(20)22/h4-9H,10H2,1-3H3,(H2,20,22). The maximum atomic E-state index is 14.4. The number of primary amides is 1. The van der Waals surface area contributed by atoms with Crippen LogP contribution in [0.1, 0.15) is 25.0 Å². The molecule has 8 heteroatoms. The van der Waals surface area contributed by atoms with Gasteiger partial charge in [-0.1, -0.05) is 6.07 Å². The molecule has 0 radical (unpaired) electrons. The van der Waals surface area contributed by atoms with E-state index in [1.165, 1.54) is 30.3 Å². The van der Waals surface area contributed by atoms with E-state index in [-0.39, 0.29) is 17.9 Å². The molecule has 0 unspecified atom stereocenters. The lowest BCUT2D eigenvalue weighted by molar-refractivity contribution is -0.384. The van der Waals surface area contributed by atoms with E-state index in [1.807, 2.05) is 0 Å². The first kappa shape index (κ1) is 19.2. The third-order valence-corrected chi connectivity index (χ3v) is 3.61. The summed E-state index contributed by atoms with van der Waals surface area (Å²) in [4.78, 5) is 21.2. The fourth-order valence-electron chi connectivity index (χ4n) is 2.49. The maximum absolute atomic E-state index is 14.4. The number of halogens is 1. The summed E-state index contributed by atoms with van der Waals surface area (Å²) in [6, 6.07) is 8.46. The number of nitro groups is 1. The van der Waals surface area contributed by atoms with Gasteiger partial charge in [0, 0.05) is 24.6 Å². The highest BCUT2D eigenvalue weighted by Crippen LogP contribution is 2.30. The molecule has 2 aromatic rings. The first-order valence-corrected chi connectivity index (χ1v) is 7.77. The number of aryl methyl sites for hydroxylation is 1. The van der Waals surface area contributed by atoms with Crippen LogP contribution in [0.4, 0.5) is 14.9 Å². The van der Waals surface area contributed by atoms with Gasteiger partial charge in [-0.05, 0) is 44.0 Å². The largest absolute Gasteiger partial charge is 0.457 e. The molecule has 0 fully saturated rings. The van der Waals surface area contributed by atoms with Gasteiger partial charge in [0.05, 0.1) is 4.92 Å². The molecular weight excluding hydrogens is 343 g/mol. The average Bonchev–Trinajstić information content (AvgIpc) is 2.50. The molecular formula is C18H19FN2O5. The summed E-state index contributed by atoms with van der Waals surface area (Å²) in [7, 11) is 0. The Morgan fingerprint density at radius 3 is 2.50 bits per heavy atom. The molecule has 2 N–H and O–H groups in total. The number of nitro benzene ring substituents is 1. The second-order valence-corrected chi connectivity index (χ2v) is 6.42. The van der Waals surface area contributed by atoms with Gasteiger partial charge in [0.15, 0.2) is 0 Å². The Morgan fingerprint density at radius 1 is 1.27 bits per heavy atom. The van der Waals surface area contributed by atoms with E-state index >= 15 is 0 Å². The van der Waals surface area contributed by atoms with Gasteiger partial charge in [-0.25, -0.2) is 9.18 Å². The Labute approximate surface area is 149 Å². The number of amides is 1. The Hall–Kier alpha value is -3.16. The van der Waals surface area contributed by atoms with Crippen molar-refractivity contribution in [3.63, 3.8) is 0 Å². The van der Waals surface area contributed by atoms with Crippen LogP contribution in [0.25, 0.3) is 0 Å². The molecule has 0 spiro atoms. The number of ether oxygens (including phenoxy) is 2. The summed E-state index contributed by atoms with van der Waals surface area (Å²) in [5.74, 6) is 0.111. The molecule has 0 saturated carbocycles. The zero-order valence-electron chi connectivity index (χ0n) is 14.6. The van der Waals surface area contributed by atoms with Crippen molar-refractivity contribution in [1.82, 2.24) is 0 Å². The van der Waals surface area contributed by atoms with E-state index in [9.17, 15) is 19.3 Å². The second-order valence-electron chi connectivity index (χ2n) is 6.42. The number of carbonyl (C=O) groups excluding carboxylic acids is 1. The van der Waals surface area contributed by atoms with Crippen molar-refractivity contribution in [3.05, 3.63) is 63.5 Å². The molecule has 138 valence electrons. The first-order valence-electron chi connectivity index (χ1n) is 7.77. The Morgan fingerprint density at radius 2 is 1.96 bits per heavy atom. The molecule has 7 nitrogen and oxygen atoms in total. The van der Waals surface area contributed by atoms with Gasteiger partial charge in [-0.15, -0.1) is 0 Å². The number of carbonyl (C=O) groups is 1. The molecule has 0 heterocycles. The molecule has 0 aliphatic carbocycles. The maximum Gasteiger partial charge on any atom is 0.405 e. The van der Waals surface area contributed by atoms with Crippen molar-refractivity contribution in [2.24, 2.45) is 5.73 Å². The van der Waals surface area contributed by atoms with E-state index < -0.39 is 22.4 Å². The molecule has 0 aliphatic heterocycles. The fraction of sp³-hybridized carbons (Fsp3) is 0.278. The number of benzene rings is 2. The number of hydrogen-bond donors (Lipinski definition) is 1. The fourth-order valence-corrected chi connectivity index (χ4v) is 2.49. The normalized spacial score (nSPS) is 11.1. The minimum atomic E-state index is -0.954. The minimum Gasteiger partial charge on any atom is -0.457 e. The SMILES string of the molecule is Cc1cc([N+](=O)[O-])ccc1Oc1ccc(CC(C)(C)OC(N)=O)c(F)c1. The predicted molar refractivity (Wildman–Crippen MR) is 92.8 cm³/mol. The predicted octanol–water partition coefficient (Wildman–Crippen LogP) is 4.25. The Kier molecular flexibility index (Phi) is 5.44. The lowest BCUT2D eigenvalue weighted by Crippen LogP contribution is -2.33. The third kappa shape index (κ3) is 4.92. The zero-order chi connectivity index (χ0) is 19.5. The summed E-state index contributed by atoms with van der Waals surface area (Å²) < 4.78 is 24.9. The van der Waals surface area contributed by atoms with E-state index in [4.69, 9.17) is 15.2 Å². The van der Waals surface area contributed by atoms with Crippen LogP contribution in [0, 0.1) is 22.9 Å². The van der Waals surface area contributed by atoms with Crippen LogP contribution in [0.15, 0.2) is 36.4 Å². The van der Waals surface area contributed by atoms with Gasteiger partial charge in [0.1, 0.15) is 22.9 Å². The van der Waals surface area contributed by atoms with Crippen molar-refractivity contribution < 1.29 is 23.6 Å². The highest BCUT2D eigenvalue weighted by atomic mass is 19.1. The van der Waals surface area contributed by atoms with Crippen LogP contribution >= 0.6 is 0 Å². The van der Waals surface area contributed by atoms with Crippen LogP contribution < -0.4 is 10.5 Å². The number of non-ortho nitro benzene ring substituents is 1. The van der Waals surface area contributed by atoms with Gasteiger partial charge >= 0.3 is 6.09 Å². The molecule has 0 aromatic heterocycles. The van der Waals surface area contributed by atoms with Crippen LogP contribution in [-0.4, -0.2) is 16.6 Å². The third-order valence-electron chi connectivity index (χ3n) is 3.61. The average molecular weight is 362 g/mol. The van der Waals surface area contributed by atoms with Crippen LogP contribution in [0.5, 0.6) is 11.5 Å². The smallest absolute Gasteiger partial charge is 0.405 e. The van der Waals surface area contributed by atoms with E-state index in [2.05, 4.69) is 0 Å². The summed E-state index contributed by atoms with van der Waals surface area (Å²) in [5.41, 5.74) is 4.90. The summed E-state index contributed by atoms with van der Waals surface area (Å²) in [6.07, 6.45) is -0.789. The lowest BCUT2D eigenvalue weighted by Gasteiger charge is -2.24. The van der Waals surface area contributed by atoms with E-state index in [0.29, 0.717) is 16.9 Å². The van der Waals surface area contributed by atoms with Gasteiger partial charge < -0.3 is 15.2 Å². The van der Waals surface area contributed by atoms with Crippen molar-refractivity contribution in [1.29, 1.82) is 0 Å². The monoisotopic (exact) mass is 362 g/mol. The zero-order valence-corrected chi connectivity index (χ0v) is 14.6. The number of nitrogens with zero attached hydrogens (tertiary/aromatic N) is 1. The summed E-state index contributed by atoms with van der Waals surface area (Å²) >= 11 is 0. The van der Waals surface area contributed by atoms with E-state index in [0.717, 1.165) is 0 Å². The van der Waals surface area contributed by atoms with E-state index in [1.54, 1.807) is 26.8 Å². The number of rotatable bonds is 6. The van der Waals surface area contributed by atoms with Gasteiger partial charge in [0.25, 0.3) is 5.69 Å². The minimum absolute atomic E-state index is 0.0481. The number of hydrogen-bond acceptors (Lipinski definition) is 5.